The summed E-state index contributed by atoms with van der Waals surface area (Å²) in [4.78, 5) is 10.4. The molecule has 1 saturated carbocycles. The van der Waals surface area contributed by atoms with Crippen LogP contribution in [0.3, 0.4) is 0 Å². The van der Waals surface area contributed by atoms with E-state index in [1.165, 1.54) is 19.3 Å². The number of ether oxygens (including phenoxy) is 1. The van der Waals surface area contributed by atoms with Crippen molar-refractivity contribution in [1.82, 2.24) is 9.97 Å². The third kappa shape index (κ3) is 3.42. The molecule has 1 fully saturated rings. The smallest absolute Gasteiger partial charge is 0.226 e. The zero-order chi connectivity index (χ0) is 18.3. The van der Waals surface area contributed by atoms with Crippen molar-refractivity contribution in [1.29, 1.82) is 0 Å². The topological polar surface area (TPSA) is 35.0 Å². The van der Waals surface area contributed by atoms with E-state index in [0.29, 0.717) is 21.7 Å². The lowest BCUT2D eigenvalue weighted by Gasteiger charge is -2.38. The van der Waals surface area contributed by atoms with Crippen LogP contribution in [0.2, 0.25) is 10.0 Å². The van der Waals surface area contributed by atoms with E-state index >= 15 is 0 Å². The molecular formula is C20H20Cl2N2OS. The Balaban J connectivity index is 1.76. The molecule has 1 unspecified atom stereocenters. The summed E-state index contributed by atoms with van der Waals surface area (Å²) in [5.74, 6) is 1.28. The summed E-state index contributed by atoms with van der Waals surface area (Å²) in [5.41, 5.74) is 0.984. The van der Waals surface area contributed by atoms with Crippen molar-refractivity contribution in [2.24, 2.45) is 5.41 Å². The standard InChI is InChI=1S/C20H20Cl2N2OS/c1-20(2)9-4-3-5-16(20)25-18-13-8-10-26-19(13)24-17(23-18)12-6-7-14(21)15(22)11-12/h6-8,10-11,16H,3-5,9H2,1-2H3. The average Bonchev–Trinajstić information content (AvgIpc) is 3.08. The summed E-state index contributed by atoms with van der Waals surface area (Å²) in [6.45, 7) is 4.56. The van der Waals surface area contributed by atoms with Gasteiger partial charge in [-0.3, -0.25) is 0 Å². The molecule has 0 bridgehead atoms. The van der Waals surface area contributed by atoms with Gasteiger partial charge in [-0.1, -0.05) is 43.5 Å². The zero-order valence-electron chi connectivity index (χ0n) is 14.8. The number of rotatable bonds is 3. The molecule has 136 valence electrons. The van der Waals surface area contributed by atoms with Gasteiger partial charge in [0, 0.05) is 11.0 Å². The predicted octanol–water partition coefficient (Wildman–Crippen LogP) is 7.01. The van der Waals surface area contributed by atoms with Crippen LogP contribution in [0, 0.1) is 5.41 Å². The highest BCUT2D eigenvalue weighted by atomic mass is 35.5. The Morgan fingerprint density at radius 3 is 2.73 bits per heavy atom. The first-order valence-corrected chi connectivity index (χ1v) is 10.4. The zero-order valence-corrected chi connectivity index (χ0v) is 17.1. The SMILES string of the molecule is CC1(C)CCCCC1Oc1nc(-c2ccc(Cl)c(Cl)c2)nc2sccc12. The molecule has 6 heteroatoms. The van der Waals surface area contributed by atoms with Crippen molar-refractivity contribution < 1.29 is 4.74 Å². The molecule has 0 amide bonds. The number of nitrogens with zero attached hydrogens (tertiary/aromatic N) is 2. The Morgan fingerprint density at radius 2 is 1.96 bits per heavy atom. The van der Waals surface area contributed by atoms with E-state index in [4.69, 9.17) is 37.9 Å². The summed E-state index contributed by atoms with van der Waals surface area (Å²) in [5, 5.41) is 4.01. The molecule has 0 N–H and O–H groups in total. The van der Waals surface area contributed by atoms with Crippen LogP contribution in [0.25, 0.3) is 21.6 Å². The Hall–Kier alpha value is -1.36. The van der Waals surface area contributed by atoms with Crippen molar-refractivity contribution in [2.45, 2.75) is 45.6 Å². The van der Waals surface area contributed by atoms with Gasteiger partial charge in [0.05, 0.1) is 15.4 Å². The van der Waals surface area contributed by atoms with Gasteiger partial charge < -0.3 is 4.74 Å². The van der Waals surface area contributed by atoms with Crippen molar-refractivity contribution in [3.05, 3.63) is 39.7 Å². The quantitative estimate of drug-likeness (QED) is 0.468. The largest absolute Gasteiger partial charge is 0.473 e. The average molecular weight is 407 g/mol. The normalized spacial score (nSPS) is 19.6. The first-order valence-electron chi connectivity index (χ1n) is 8.81. The molecule has 3 aromatic rings. The van der Waals surface area contributed by atoms with Crippen LogP contribution >= 0.6 is 34.5 Å². The maximum atomic E-state index is 6.45. The van der Waals surface area contributed by atoms with Crippen LogP contribution in [0.4, 0.5) is 0 Å². The van der Waals surface area contributed by atoms with E-state index in [-0.39, 0.29) is 11.5 Å². The van der Waals surface area contributed by atoms with E-state index in [9.17, 15) is 0 Å². The highest BCUT2D eigenvalue weighted by molar-refractivity contribution is 7.16. The van der Waals surface area contributed by atoms with Crippen LogP contribution in [-0.2, 0) is 0 Å². The summed E-state index contributed by atoms with van der Waals surface area (Å²) in [6, 6.07) is 7.49. The number of fused-ring (bicyclic) bond motifs is 1. The van der Waals surface area contributed by atoms with E-state index in [2.05, 4.69) is 13.8 Å². The van der Waals surface area contributed by atoms with Gasteiger partial charge in [0.25, 0.3) is 0 Å². The maximum absolute atomic E-state index is 6.45. The molecule has 3 nitrogen and oxygen atoms in total. The Kier molecular flexibility index (Phi) is 4.84. The molecule has 1 aliphatic carbocycles. The molecule has 2 aromatic heterocycles. The molecule has 1 aliphatic rings. The highest BCUT2D eigenvalue weighted by Crippen LogP contribution is 2.40. The lowest BCUT2D eigenvalue weighted by Crippen LogP contribution is -2.37. The summed E-state index contributed by atoms with van der Waals surface area (Å²) in [6.07, 6.45) is 4.86. The molecule has 0 aliphatic heterocycles. The number of hydrogen-bond donors (Lipinski definition) is 0. The van der Waals surface area contributed by atoms with Crippen LogP contribution in [0.15, 0.2) is 29.6 Å². The highest BCUT2D eigenvalue weighted by Gasteiger charge is 2.34. The molecule has 0 spiro atoms. The van der Waals surface area contributed by atoms with Crippen LogP contribution in [-0.4, -0.2) is 16.1 Å². The van der Waals surface area contributed by atoms with Crippen LogP contribution in [0.1, 0.15) is 39.5 Å². The van der Waals surface area contributed by atoms with Gasteiger partial charge >= 0.3 is 0 Å². The van der Waals surface area contributed by atoms with E-state index in [1.54, 1.807) is 23.5 Å². The number of halogens is 2. The number of hydrogen-bond acceptors (Lipinski definition) is 4. The van der Waals surface area contributed by atoms with Crippen LogP contribution in [0.5, 0.6) is 5.88 Å². The van der Waals surface area contributed by atoms with Gasteiger partial charge in [0.15, 0.2) is 5.82 Å². The van der Waals surface area contributed by atoms with Gasteiger partial charge in [-0.05, 0) is 48.9 Å². The maximum Gasteiger partial charge on any atom is 0.226 e. The minimum absolute atomic E-state index is 0.148. The third-order valence-corrected chi connectivity index (χ3v) is 6.68. The van der Waals surface area contributed by atoms with Gasteiger partial charge in [0.1, 0.15) is 10.9 Å². The van der Waals surface area contributed by atoms with Crippen molar-refractivity contribution in [3.63, 3.8) is 0 Å². The second-order valence-corrected chi connectivity index (χ2v) is 9.17. The summed E-state index contributed by atoms with van der Waals surface area (Å²) >= 11 is 13.8. The minimum Gasteiger partial charge on any atom is -0.473 e. The monoisotopic (exact) mass is 406 g/mol. The fourth-order valence-electron chi connectivity index (χ4n) is 3.50. The molecular weight excluding hydrogens is 387 g/mol. The fourth-order valence-corrected chi connectivity index (χ4v) is 4.55. The molecule has 1 atom stereocenters. The Bertz CT molecular complexity index is 954. The molecule has 0 saturated heterocycles. The Labute approximate surface area is 167 Å². The van der Waals surface area contributed by atoms with Crippen molar-refractivity contribution in [3.8, 4) is 17.3 Å². The second-order valence-electron chi connectivity index (χ2n) is 7.46. The van der Waals surface area contributed by atoms with E-state index in [0.717, 1.165) is 22.2 Å². The van der Waals surface area contributed by atoms with Crippen LogP contribution < -0.4 is 4.74 Å². The summed E-state index contributed by atoms with van der Waals surface area (Å²) < 4.78 is 6.45. The number of aromatic nitrogens is 2. The number of thiophene rings is 1. The third-order valence-electron chi connectivity index (χ3n) is 5.13. The van der Waals surface area contributed by atoms with Crippen molar-refractivity contribution >= 4 is 44.8 Å². The van der Waals surface area contributed by atoms with Gasteiger partial charge in [-0.25, -0.2) is 4.98 Å². The molecule has 0 radical (unpaired) electrons. The van der Waals surface area contributed by atoms with E-state index < -0.39 is 0 Å². The lowest BCUT2D eigenvalue weighted by atomic mass is 9.75. The van der Waals surface area contributed by atoms with Gasteiger partial charge in [-0.2, -0.15) is 4.98 Å². The first kappa shape index (κ1) is 18.0. The molecule has 4 rings (SSSR count). The number of benzene rings is 1. The van der Waals surface area contributed by atoms with E-state index in [1.807, 2.05) is 17.5 Å². The first-order chi connectivity index (χ1) is 12.4. The molecule has 1 aromatic carbocycles. The van der Waals surface area contributed by atoms with Crippen molar-refractivity contribution in [2.75, 3.05) is 0 Å². The van der Waals surface area contributed by atoms with Gasteiger partial charge in [-0.15, -0.1) is 11.3 Å². The minimum atomic E-state index is 0.148. The molecule has 2 heterocycles. The summed E-state index contributed by atoms with van der Waals surface area (Å²) in [7, 11) is 0. The lowest BCUT2D eigenvalue weighted by molar-refractivity contribution is 0.0318. The predicted molar refractivity (Wildman–Crippen MR) is 110 cm³/mol. The fraction of sp³-hybridized carbons (Fsp3) is 0.400. The molecule has 26 heavy (non-hydrogen) atoms. The Morgan fingerprint density at radius 1 is 1.12 bits per heavy atom. The second kappa shape index (κ2) is 6.99. The van der Waals surface area contributed by atoms with Gasteiger partial charge in [0.2, 0.25) is 5.88 Å².